The molecular weight excluding hydrogens is 230 g/mol. The van der Waals surface area contributed by atoms with Gasteiger partial charge in [0, 0.05) is 5.92 Å². The molecule has 0 fully saturated rings. The molecule has 0 aliphatic rings. The summed E-state index contributed by atoms with van der Waals surface area (Å²) in [7, 11) is 1.64. The Balaban J connectivity index is 3.09. The topological polar surface area (TPSA) is 72.5 Å². The highest BCUT2D eigenvalue weighted by Crippen LogP contribution is 2.30. The van der Waals surface area contributed by atoms with Gasteiger partial charge in [-0.3, -0.25) is 4.79 Å². The number of hydrogen-bond acceptors (Lipinski definition) is 3. The molecular formula is C14H21NO3. The summed E-state index contributed by atoms with van der Waals surface area (Å²) < 4.78 is 5.31. The van der Waals surface area contributed by atoms with Crippen LogP contribution in [0.2, 0.25) is 0 Å². The van der Waals surface area contributed by atoms with Gasteiger partial charge in [0.2, 0.25) is 0 Å². The van der Waals surface area contributed by atoms with Crippen molar-refractivity contribution in [1.82, 2.24) is 0 Å². The summed E-state index contributed by atoms with van der Waals surface area (Å²) in [4.78, 5) is 10.8. The van der Waals surface area contributed by atoms with Crippen LogP contribution >= 0.6 is 0 Å². The minimum atomic E-state index is -0.827. The molecule has 4 heteroatoms. The zero-order valence-corrected chi connectivity index (χ0v) is 11.1. The molecule has 1 aromatic carbocycles. The molecule has 0 amide bonds. The van der Waals surface area contributed by atoms with Crippen molar-refractivity contribution in [2.24, 2.45) is 5.73 Å². The van der Waals surface area contributed by atoms with Crippen LogP contribution in [0.1, 0.15) is 43.2 Å². The van der Waals surface area contributed by atoms with Crippen LogP contribution in [-0.4, -0.2) is 24.7 Å². The zero-order chi connectivity index (χ0) is 13.7. The number of nitrogens with two attached hydrogens (primary N) is 1. The number of methoxy groups -OCH3 is 1. The molecule has 0 bridgehead atoms. The Morgan fingerprint density at radius 2 is 2.11 bits per heavy atom. The van der Waals surface area contributed by atoms with Gasteiger partial charge in [-0.2, -0.15) is 0 Å². The molecule has 3 N–H and O–H groups in total. The second kappa shape index (κ2) is 6.40. The van der Waals surface area contributed by atoms with Crippen molar-refractivity contribution in [3.05, 3.63) is 29.3 Å². The molecule has 1 rings (SSSR count). The van der Waals surface area contributed by atoms with Crippen LogP contribution in [0.25, 0.3) is 0 Å². The standard InChI is InChI=1S/C14H21NO3/c1-9(2)12-6-10(4-5-13(12)18-3)11(8-15)7-14(16)17/h4-6,9,11H,7-8,15H2,1-3H3,(H,16,17). The van der Waals surface area contributed by atoms with Crippen molar-refractivity contribution in [1.29, 1.82) is 0 Å². The fourth-order valence-electron chi connectivity index (χ4n) is 2.01. The van der Waals surface area contributed by atoms with Crippen molar-refractivity contribution < 1.29 is 14.6 Å². The molecule has 0 heterocycles. The number of aliphatic carboxylic acids is 1. The Morgan fingerprint density at radius 3 is 2.56 bits per heavy atom. The number of hydrogen-bond donors (Lipinski definition) is 2. The fourth-order valence-corrected chi connectivity index (χ4v) is 2.01. The maximum atomic E-state index is 10.8. The summed E-state index contributed by atoms with van der Waals surface area (Å²) in [6, 6.07) is 5.78. The predicted octanol–water partition coefficient (Wildman–Crippen LogP) is 2.34. The van der Waals surface area contributed by atoms with Gasteiger partial charge in [-0.25, -0.2) is 0 Å². The monoisotopic (exact) mass is 251 g/mol. The van der Waals surface area contributed by atoms with Crippen LogP contribution in [0.15, 0.2) is 18.2 Å². The number of carbonyl (C=O) groups is 1. The molecule has 0 aromatic heterocycles. The molecule has 0 aliphatic carbocycles. The first kappa shape index (κ1) is 14.5. The zero-order valence-electron chi connectivity index (χ0n) is 11.1. The van der Waals surface area contributed by atoms with E-state index in [0.717, 1.165) is 16.9 Å². The predicted molar refractivity (Wildman–Crippen MR) is 71.1 cm³/mol. The van der Waals surface area contributed by atoms with Gasteiger partial charge in [-0.1, -0.05) is 26.0 Å². The highest BCUT2D eigenvalue weighted by atomic mass is 16.5. The van der Waals surface area contributed by atoms with Gasteiger partial charge in [0.15, 0.2) is 0 Å². The molecule has 100 valence electrons. The summed E-state index contributed by atoms with van der Waals surface area (Å²) in [6.07, 6.45) is 0.0559. The lowest BCUT2D eigenvalue weighted by Crippen LogP contribution is -2.16. The van der Waals surface area contributed by atoms with Gasteiger partial charge in [0.25, 0.3) is 0 Å². The SMILES string of the molecule is COc1ccc(C(CN)CC(=O)O)cc1C(C)C. The van der Waals surface area contributed by atoms with Crippen LogP contribution in [0, 0.1) is 0 Å². The Kier molecular flexibility index (Phi) is 5.16. The van der Waals surface area contributed by atoms with Crippen LogP contribution in [0.4, 0.5) is 0 Å². The van der Waals surface area contributed by atoms with Crippen molar-refractivity contribution >= 4 is 5.97 Å². The molecule has 18 heavy (non-hydrogen) atoms. The first-order valence-corrected chi connectivity index (χ1v) is 6.09. The smallest absolute Gasteiger partial charge is 0.304 e. The summed E-state index contributed by atoms with van der Waals surface area (Å²) in [6.45, 7) is 4.49. The van der Waals surface area contributed by atoms with Crippen LogP contribution in [0.3, 0.4) is 0 Å². The summed E-state index contributed by atoms with van der Waals surface area (Å²) in [5.74, 6) is 0.182. The molecule has 0 aliphatic heterocycles. The first-order valence-electron chi connectivity index (χ1n) is 6.09. The van der Waals surface area contributed by atoms with E-state index in [1.807, 2.05) is 18.2 Å². The van der Waals surface area contributed by atoms with E-state index in [-0.39, 0.29) is 12.3 Å². The van der Waals surface area contributed by atoms with E-state index in [2.05, 4.69) is 13.8 Å². The third-order valence-corrected chi connectivity index (χ3v) is 3.05. The van der Waals surface area contributed by atoms with E-state index < -0.39 is 5.97 Å². The molecule has 0 spiro atoms. The molecule has 0 saturated carbocycles. The van der Waals surface area contributed by atoms with E-state index in [4.69, 9.17) is 15.6 Å². The van der Waals surface area contributed by atoms with Crippen molar-refractivity contribution in [3.63, 3.8) is 0 Å². The van der Waals surface area contributed by atoms with Gasteiger partial charge in [0.05, 0.1) is 13.5 Å². The minimum Gasteiger partial charge on any atom is -0.496 e. The largest absolute Gasteiger partial charge is 0.496 e. The Morgan fingerprint density at radius 1 is 1.44 bits per heavy atom. The third-order valence-electron chi connectivity index (χ3n) is 3.05. The number of carboxylic acid groups (broad SMARTS) is 1. The number of rotatable bonds is 6. The first-order chi connectivity index (χ1) is 8.49. The summed E-state index contributed by atoms with van der Waals surface area (Å²) in [5, 5.41) is 8.88. The molecule has 1 aromatic rings. The maximum Gasteiger partial charge on any atom is 0.304 e. The lowest BCUT2D eigenvalue weighted by atomic mass is 9.91. The van der Waals surface area contributed by atoms with Crippen molar-refractivity contribution in [3.8, 4) is 5.75 Å². The number of carboxylic acids is 1. The van der Waals surface area contributed by atoms with E-state index in [1.54, 1.807) is 7.11 Å². The minimum absolute atomic E-state index is 0.0559. The normalized spacial score (nSPS) is 12.5. The van der Waals surface area contributed by atoms with Crippen molar-refractivity contribution in [2.75, 3.05) is 13.7 Å². The molecule has 0 radical (unpaired) electrons. The fraction of sp³-hybridized carbons (Fsp3) is 0.500. The second-order valence-corrected chi connectivity index (χ2v) is 4.69. The van der Waals surface area contributed by atoms with E-state index in [0.29, 0.717) is 12.5 Å². The summed E-state index contributed by atoms with van der Waals surface area (Å²) in [5.41, 5.74) is 7.70. The molecule has 0 saturated heterocycles. The second-order valence-electron chi connectivity index (χ2n) is 4.69. The van der Waals surface area contributed by atoms with Gasteiger partial charge in [-0.05, 0) is 29.7 Å². The van der Waals surface area contributed by atoms with Gasteiger partial charge < -0.3 is 15.6 Å². The number of ether oxygens (including phenoxy) is 1. The lowest BCUT2D eigenvalue weighted by molar-refractivity contribution is -0.137. The van der Waals surface area contributed by atoms with E-state index >= 15 is 0 Å². The average Bonchev–Trinajstić information content (AvgIpc) is 2.34. The Labute approximate surface area is 108 Å². The highest BCUT2D eigenvalue weighted by Gasteiger charge is 2.16. The van der Waals surface area contributed by atoms with Gasteiger partial charge in [-0.15, -0.1) is 0 Å². The molecule has 4 nitrogen and oxygen atoms in total. The van der Waals surface area contributed by atoms with Gasteiger partial charge >= 0.3 is 5.97 Å². The van der Waals surface area contributed by atoms with Crippen LogP contribution < -0.4 is 10.5 Å². The van der Waals surface area contributed by atoms with Gasteiger partial charge in [0.1, 0.15) is 5.75 Å². The quantitative estimate of drug-likeness (QED) is 0.814. The number of benzene rings is 1. The molecule has 1 atom stereocenters. The van der Waals surface area contributed by atoms with Crippen LogP contribution in [-0.2, 0) is 4.79 Å². The third kappa shape index (κ3) is 3.47. The lowest BCUT2D eigenvalue weighted by Gasteiger charge is -2.18. The molecule has 1 unspecified atom stereocenters. The maximum absolute atomic E-state index is 10.8. The van der Waals surface area contributed by atoms with Crippen molar-refractivity contribution in [2.45, 2.75) is 32.1 Å². The Hall–Kier alpha value is -1.55. The van der Waals surface area contributed by atoms with E-state index in [1.165, 1.54) is 0 Å². The Bertz CT molecular complexity index is 416. The summed E-state index contributed by atoms with van der Waals surface area (Å²) >= 11 is 0. The average molecular weight is 251 g/mol. The highest BCUT2D eigenvalue weighted by molar-refractivity contribution is 5.68. The van der Waals surface area contributed by atoms with E-state index in [9.17, 15) is 4.79 Å². The van der Waals surface area contributed by atoms with Crippen LogP contribution in [0.5, 0.6) is 5.75 Å².